The standard InChI is InChI=1S/C20H18ClFO5/c1-20(22)16(27-18(24)14-10-6-3-7-11-14)15(26-19(20)21)12-25-17(23)13-8-4-2-5-9-13/h2-11,15-16,19H,12H2,1H3/t15-,16-,19+,20-/m1/s1. The third kappa shape index (κ3) is 4.28. The summed E-state index contributed by atoms with van der Waals surface area (Å²) in [6.07, 6.45) is -2.35. The fraction of sp³-hybridized carbons (Fsp3) is 0.300. The second-order valence-corrected chi connectivity index (χ2v) is 6.69. The summed E-state index contributed by atoms with van der Waals surface area (Å²) in [6.45, 7) is 0.885. The van der Waals surface area contributed by atoms with Gasteiger partial charge in [-0.05, 0) is 31.2 Å². The van der Waals surface area contributed by atoms with E-state index in [0.717, 1.165) is 0 Å². The van der Waals surface area contributed by atoms with E-state index in [4.69, 9.17) is 25.8 Å². The maximum atomic E-state index is 15.0. The van der Waals surface area contributed by atoms with Crippen molar-refractivity contribution >= 4 is 23.5 Å². The summed E-state index contributed by atoms with van der Waals surface area (Å²) in [5.74, 6) is -1.30. The van der Waals surface area contributed by atoms with Crippen molar-refractivity contribution in [3.8, 4) is 0 Å². The maximum absolute atomic E-state index is 15.0. The summed E-state index contributed by atoms with van der Waals surface area (Å²) in [4.78, 5) is 24.4. The topological polar surface area (TPSA) is 61.8 Å². The Morgan fingerprint density at radius 2 is 1.56 bits per heavy atom. The molecule has 0 saturated carbocycles. The second kappa shape index (κ2) is 8.06. The van der Waals surface area contributed by atoms with Crippen molar-refractivity contribution in [2.75, 3.05) is 6.61 Å². The minimum atomic E-state index is -2.14. The molecule has 5 nitrogen and oxygen atoms in total. The van der Waals surface area contributed by atoms with Crippen LogP contribution >= 0.6 is 11.6 Å². The van der Waals surface area contributed by atoms with Crippen LogP contribution in [0, 0.1) is 0 Å². The van der Waals surface area contributed by atoms with Gasteiger partial charge in [-0.25, -0.2) is 14.0 Å². The molecule has 0 N–H and O–H groups in total. The second-order valence-electron chi connectivity index (χ2n) is 6.30. The van der Waals surface area contributed by atoms with Gasteiger partial charge >= 0.3 is 11.9 Å². The number of carbonyl (C=O) groups excluding carboxylic acids is 2. The Balaban J connectivity index is 1.69. The number of benzene rings is 2. The molecule has 7 heteroatoms. The number of ether oxygens (including phenoxy) is 3. The van der Waals surface area contributed by atoms with Crippen LogP contribution < -0.4 is 0 Å². The first kappa shape index (κ1) is 19.3. The van der Waals surface area contributed by atoms with Crippen LogP contribution in [0.4, 0.5) is 4.39 Å². The van der Waals surface area contributed by atoms with Crippen molar-refractivity contribution in [2.24, 2.45) is 0 Å². The van der Waals surface area contributed by atoms with Crippen molar-refractivity contribution in [1.82, 2.24) is 0 Å². The third-order valence-corrected chi connectivity index (χ3v) is 4.79. The molecule has 2 aromatic rings. The molecule has 1 aliphatic rings. The van der Waals surface area contributed by atoms with E-state index in [2.05, 4.69) is 0 Å². The molecular weight excluding hydrogens is 375 g/mol. The Labute approximate surface area is 161 Å². The van der Waals surface area contributed by atoms with Gasteiger partial charge in [0, 0.05) is 0 Å². The monoisotopic (exact) mass is 392 g/mol. The zero-order valence-electron chi connectivity index (χ0n) is 14.5. The highest BCUT2D eigenvalue weighted by Gasteiger charge is 2.56. The van der Waals surface area contributed by atoms with E-state index in [1.54, 1.807) is 60.7 Å². The van der Waals surface area contributed by atoms with E-state index in [1.165, 1.54) is 6.92 Å². The van der Waals surface area contributed by atoms with Gasteiger partial charge in [-0.2, -0.15) is 0 Å². The molecule has 3 rings (SSSR count). The van der Waals surface area contributed by atoms with Crippen LogP contribution in [-0.4, -0.2) is 42.0 Å². The van der Waals surface area contributed by atoms with E-state index in [0.29, 0.717) is 5.56 Å². The highest BCUT2D eigenvalue weighted by molar-refractivity contribution is 6.20. The molecule has 0 aliphatic carbocycles. The Bertz CT molecular complexity index is 797. The van der Waals surface area contributed by atoms with Crippen molar-refractivity contribution in [3.63, 3.8) is 0 Å². The van der Waals surface area contributed by atoms with E-state index in [1.807, 2.05) is 0 Å². The fourth-order valence-corrected chi connectivity index (χ4v) is 3.00. The number of alkyl halides is 2. The SMILES string of the molecule is C[C@@]1(F)[C@H](OC(=O)c2ccccc2)[C@@H](COC(=O)c2ccccc2)O[C@@H]1Cl. The molecule has 1 saturated heterocycles. The average molecular weight is 393 g/mol. The summed E-state index contributed by atoms with van der Waals surface area (Å²) in [5.41, 5.74) is -2.87. The van der Waals surface area contributed by atoms with Gasteiger partial charge in [-0.3, -0.25) is 0 Å². The summed E-state index contributed by atoms with van der Waals surface area (Å²) in [5, 5.41) is 0. The quantitative estimate of drug-likeness (QED) is 0.572. The van der Waals surface area contributed by atoms with Crippen LogP contribution in [0.15, 0.2) is 60.7 Å². The Hall–Kier alpha value is -2.44. The molecule has 27 heavy (non-hydrogen) atoms. The lowest BCUT2D eigenvalue weighted by atomic mass is 10.0. The van der Waals surface area contributed by atoms with Crippen LogP contribution in [0.2, 0.25) is 0 Å². The van der Waals surface area contributed by atoms with Crippen LogP contribution in [0.3, 0.4) is 0 Å². The summed E-state index contributed by atoms with van der Waals surface area (Å²) in [6, 6.07) is 16.5. The molecule has 4 atom stereocenters. The van der Waals surface area contributed by atoms with Gasteiger partial charge in [0.15, 0.2) is 17.3 Å². The number of esters is 2. The summed E-state index contributed by atoms with van der Waals surface area (Å²) in [7, 11) is 0. The van der Waals surface area contributed by atoms with Crippen molar-refractivity contribution in [2.45, 2.75) is 30.4 Å². The van der Waals surface area contributed by atoms with Crippen LogP contribution in [0.25, 0.3) is 0 Å². The van der Waals surface area contributed by atoms with Gasteiger partial charge in [0.05, 0.1) is 11.1 Å². The molecule has 0 spiro atoms. The number of halogens is 2. The summed E-state index contributed by atoms with van der Waals surface area (Å²) >= 11 is 5.93. The Morgan fingerprint density at radius 1 is 1.04 bits per heavy atom. The first-order valence-electron chi connectivity index (χ1n) is 8.36. The molecule has 1 heterocycles. The first-order chi connectivity index (χ1) is 12.9. The number of rotatable bonds is 5. The van der Waals surface area contributed by atoms with Crippen molar-refractivity contribution in [1.29, 1.82) is 0 Å². The highest BCUT2D eigenvalue weighted by atomic mass is 35.5. The number of hydrogen-bond acceptors (Lipinski definition) is 5. The smallest absolute Gasteiger partial charge is 0.338 e. The van der Waals surface area contributed by atoms with Gasteiger partial charge in [0.2, 0.25) is 0 Å². The van der Waals surface area contributed by atoms with Crippen LogP contribution in [0.1, 0.15) is 27.6 Å². The molecule has 142 valence electrons. The molecule has 0 radical (unpaired) electrons. The molecule has 0 unspecified atom stereocenters. The van der Waals surface area contributed by atoms with Crippen molar-refractivity contribution in [3.05, 3.63) is 71.8 Å². The summed E-state index contributed by atoms with van der Waals surface area (Å²) < 4.78 is 30.8. The van der Waals surface area contributed by atoms with E-state index in [-0.39, 0.29) is 12.2 Å². The van der Waals surface area contributed by atoms with Gasteiger partial charge in [-0.1, -0.05) is 48.0 Å². The van der Waals surface area contributed by atoms with Crippen molar-refractivity contribution < 1.29 is 28.2 Å². The average Bonchev–Trinajstić information content (AvgIpc) is 2.90. The lowest BCUT2D eigenvalue weighted by molar-refractivity contribution is -0.0423. The van der Waals surface area contributed by atoms with Gasteiger partial charge in [0.25, 0.3) is 0 Å². The maximum Gasteiger partial charge on any atom is 0.338 e. The fourth-order valence-electron chi connectivity index (χ4n) is 2.74. The van der Waals surface area contributed by atoms with Gasteiger partial charge < -0.3 is 14.2 Å². The van der Waals surface area contributed by atoms with Crippen LogP contribution in [-0.2, 0) is 14.2 Å². The molecule has 2 aromatic carbocycles. The lowest BCUT2D eigenvalue weighted by Crippen LogP contribution is -2.44. The normalized spacial score (nSPS) is 27.1. The highest BCUT2D eigenvalue weighted by Crippen LogP contribution is 2.39. The predicted octanol–water partition coefficient (Wildman–Crippen LogP) is 3.76. The Morgan fingerprint density at radius 3 is 2.11 bits per heavy atom. The van der Waals surface area contributed by atoms with Gasteiger partial charge in [0.1, 0.15) is 12.7 Å². The third-order valence-electron chi connectivity index (χ3n) is 4.26. The molecule has 0 aromatic heterocycles. The number of hydrogen-bond donors (Lipinski definition) is 0. The minimum absolute atomic E-state index is 0.270. The van der Waals surface area contributed by atoms with E-state index in [9.17, 15) is 14.0 Å². The minimum Gasteiger partial charge on any atom is -0.459 e. The first-order valence-corrected chi connectivity index (χ1v) is 8.80. The largest absolute Gasteiger partial charge is 0.459 e. The zero-order chi connectivity index (χ0) is 19.4. The molecular formula is C20H18ClFO5. The molecule has 0 bridgehead atoms. The Kier molecular flexibility index (Phi) is 5.77. The van der Waals surface area contributed by atoms with Gasteiger partial charge in [-0.15, -0.1) is 0 Å². The van der Waals surface area contributed by atoms with Crippen LogP contribution in [0.5, 0.6) is 0 Å². The van der Waals surface area contributed by atoms with E-state index < -0.39 is 35.4 Å². The predicted molar refractivity (Wildman–Crippen MR) is 96.4 cm³/mol. The van der Waals surface area contributed by atoms with E-state index >= 15 is 0 Å². The molecule has 0 amide bonds. The molecule has 1 aliphatic heterocycles. The molecule has 1 fully saturated rings. The zero-order valence-corrected chi connectivity index (χ0v) is 15.3. The number of carbonyl (C=O) groups is 2. The lowest BCUT2D eigenvalue weighted by Gasteiger charge is -2.25.